The number of benzene rings is 12. The van der Waals surface area contributed by atoms with Crippen molar-refractivity contribution in [1.82, 2.24) is 0 Å². The van der Waals surface area contributed by atoms with Gasteiger partial charge in [-0.15, -0.1) is 0 Å². The summed E-state index contributed by atoms with van der Waals surface area (Å²) in [5, 5.41) is 10.5. The maximum absolute atomic E-state index is 2.74. The summed E-state index contributed by atoms with van der Waals surface area (Å²) >= 11 is 0. The Morgan fingerprint density at radius 1 is 0.293 bits per heavy atom. The number of hydrogen-bond donors (Lipinski definition) is 0. The number of para-hydroxylation sites is 3. The Kier molecular flexibility index (Phi) is 12.0. The highest BCUT2D eigenvalue weighted by Gasteiger charge is 2.62. The van der Waals surface area contributed by atoms with Crippen molar-refractivity contribution in [2.45, 2.75) is 153 Å². The van der Waals surface area contributed by atoms with E-state index in [2.05, 4.69) is 301 Å². The van der Waals surface area contributed by atoms with Crippen molar-refractivity contribution < 1.29 is 0 Å². The monoisotopic (exact) mass is 1200 g/mol. The molecule has 0 spiro atoms. The van der Waals surface area contributed by atoms with E-state index in [1.54, 1.807) is 0 Å². The lowest BCUT2D eigenvalue weighted by atomic mass is 9.59. The Labute approximate surface area is 545 Å². The first-order valence-electron chi connectivity index (χ1n) is 34.8. The van der Waals surface area contributed by atoms with Gasteiger partial charge in [-0.3, -0.25) is 0 Å². The Morgan fingerprint density at radius 3 is 1.00 bits per heavy atom. The van der Waals surface area contributed by atoms with Gasteiger partial charge in [0, 0.05) is 50.4 Å². The van der Waals surface area contributed by atoms with Crippen LogP contribution in [-0.4, -0.2) is 16.6 Å². The third-order valence-electron chi connectivity index (χ3n) is 26.1. The van der Waals surface area contributed by atoms with E-state index in [4.69, 9.17) is 0 Å². The minimum Gasteiger partial charge on any atom is -0.334 e. The smallest absolute Gasteiger partial charge is 0.0520 e. The van der Waals surface area contributed by atoms with Crippen molar-refractivity contribution in [1.29, 1.82) is 0 Å². The molecule has 3 heteroatoms. The molecule has 0 bridgehead atoms. The first kappa shape index (κ1) is 56.1. The molecule has 0 radical (unpaired) electrons. The molecule has 3 aliphatic heterocycles. The van der Waals surface area contributed by atoms with Crippen LogP contribution in [0.3, 0.4) is 0 Å². The summed E-state index contributed by atoms with van der Waals surface area (Å²) in [5.74, 6) is 1.92. The van der Waals surface area contributed by atoms with Gasteiger partial charge in [0.05, 0.1) is 16.6 Å². The van der Waals surface area contributed by atoms with E-state index in [0.717, 1.165) is 38.5 Å². The molecular weight excluding hydrogens is 1110 g/mol. The largest absolute Gasteiger partial charge is 0.334 e. The number of hydrogen-bond acceptors (Lipinski definition) is 3. The standard InChI is InChI=1S/C89H85N3/c1-56-42-45-84(4)76-48-60(32-39-79(76)90(87(84,7)53-56)63-24-13-10-14-25-63)72-51-73(61-33-40-80-77(49-61)85(5)46-43-57(2)54-88(85,8)91(80)64-26-15-11-16-27-64)69-37-38-71-75(67-31-21-23-59-22-19-20-30-66(59)67)52-74(70-36-35-68(72)82(69)83(70)71)62-34-41-81-78(50-62)86(6)47-44-58(3)55-89(86,9)92(81)65-28-17-12-18-29-65/h10-41,48-52,56-58H,42-47,53-55H2,1-9H3. The van der Waals surface area contributed by atoms with Gasteiger partial charge in [-0.1, -0.05) is 181 Å². The highest BCUT2D eigenvalue weighted by Crippen LogP contribution is 2.66. The molecule has 9 unspecified atom stereocenters. The van der Waals surface area contributed by atoms with Crippen LogP contribution in [0, 0.1) is 17.8 Å². The zero-order valence-electron chi connectivity index (χ0n) is 55.3. The van der Waals surface area contributed by atoms with Crippen molar-refractivity contribution in [2.75, 3.05) is 14.7 Å². The maximum Gasteiger partial charge on any atom is 0.0520 e. The van der Waals surface area contributed by atoms with Gasteiger partial charge < -0.3 is 14.7 Å². The molecule has 18 rings (SSSR count). The van der Waals surface area contributed by atoms with Crippen LogP contribution in [0.4, 0.5) is 34.1 Å². The summed E-state index contributed by atoms with van der Waals surface area (Å²) in [4.78, 5) is 8.22. The third-order valence-corrected chi connectivity index (χ3v) is 26.1. The number of anilines is 6. The summed E-state index contributed by atoms with van der Waals surface area (Å²) < 4.78 is 0. The van der Waals surface area contributed by atoms with Crippen LogP contribution in [-0.2, 0) is 16.2 Å². The lowest BCUT2D eigenvalue weighted by Crippen LogP contribution is -2.56. The van der Waals surface area contributed by atoms with E-state index in [1.165, 1.54) is 158 Å². The minimum atomic E-state index is -0.0857. The summed E-state index contributed by atoms with van der Waals surface area (Å²) in [6.45, 7) is 23.0. The molecule has 456 valence electrons. The molecule has 3 heterocycles. The predicted octanol–water partition coefficient (Wildman–Crippen LogP) is 24.4. The van der Waals surface area contributed by atoms with Gasteiger partial charge in [0.1, 0.15) is 0 Å². The summed E-state index contributed by atoms with van der Waals surface area (Å²) in [5.41, 5.74) is 22.3. The lowest BCUT2D eigenvalue weighted by molar-refractivity contribution is 0.154. The van der Waals surface area contributed by atoms with Gasteiger partial charge in [-0.25, -0.2) is 0 Å². The van der Waals surface area contributed by atoms with E-state index in [1.807, 2.05) is 0 Å². The van der Waals surface area contributed by atoms with Crippen molar-refractivity contribution in [2.24, 2.45) is 17.8 Å². The van der Waals surface area contributed by atoms with Crippen LogP contribution < -0.4 is 14.7 Å². The SMILES string of the molecule is CC1CCC2(C)c3cc(-c4cc(-c5ccc6c(c5)C5(C)CCC(C)CC5(C)N6c5ccccc5)c5ccc6c(-c7cccc8ccccc78)cc(-c7ccc8c(c7)C7(C)CCC(C)CC7(C)N8c7ccccc7)c7ccc4c5c76)ccc3N(c3ccccc3)C2(C)C1. The molecule has 3 aliphatic carbocycles. The molecule has 0 saturated heterocycles. The first-order valence-corrected chi connectivity index (χ1v) is 34.8. The summed E-state index contributed by atoms with van der Waals surface area (Å²) in [6.07, 6.45) is 10.6. The van der Waals surface area contributed by atoms with Crippen LogP contribution in [0.15, 0.2) is 224 Å². The molecule has 3 nitrogen and oxygen atoms in total. The quantitative estimate of drug-likeness (QED) is 0.147. The topological polar surface area (TPSA) is 9.72 Å². The molecule has 6 aliphatic rings. The van der Waals surface area contributed by atoms with E-state index >= 15 is 0 Å². The molecule has 92 heavy (non-hydrogen) atoms. The fourth-order valence-electron chi connectivity index (χ4n) is 20.9. The fraction of sp³-hybridized carbons (Fsp3) is 0.303. The number of rotatable bonds is 7. The van der Waals surface area contributed by atoms with Crippen LogP contribution >= 0.6 is 0 Å². The Balaban J connectivity index is 0.928. The van der Waals surface area contributed by atoms with E-state index in [9.17, 15) is 0 Å². The van der Waals surface area contributed by atoms with Crippen molar-refractivity contribution in [3.63, 3.8) is 0 Å². The third kappa shape index (κ3) is 7.46. The number of fused-ring (bicyclic) bond motifs is 10. The minimum absolute atomic E-state index is 0.0521. The molecule has 3 saturated carbocycles. The van der Waals surface area contributed by atoms with Gasteiger partial charge in [0.15, 0.2) is 0 Å². The average molecular weight is 1200 g/mol. The Bertz CT molecular complexity index is 4830. The first-order chi connectivity index (χ1) is 44.5. The fourth-order valence-corrected chi connectivity index (χ4v) is 20.9. The maximum atomic E-state index is 2.74. The average Bonchev–Trinajstić information content (AvgIpc) is 1.50. The molecular formula is C89H85N3. The molecule has 0 N–H and O–H groups in total. The summed E-state index contributed by atoms with van der Waals surface area (Å²) in [6, 6.07) is 88.1. The predicted molar refractivity (Wildman–Crippen MR) is 391 cm³/mol. The second-order valence-electron chi connectivity index (χ2n) is 31.1. The van der Waals surface area contributed by atoms with E-state index < -0.39 is 0 Å². The molecule has 3 fully saturated rings. The van der Waals surface area contributed by atoms with Crippen LogP contribution in [0.2, 0.25) is 0 Å². The van der Waals surface area contributed by atoms with E-state index in [0.29, 0.717) is 17.8 Å². The molecule has 0 amide bonds. The highest BCUT2D eigenvalue weighted by atomic mass is 15.3. The van der Waals surface area contributed by atoms with Crippen LogP contribution in [0.1, 0.15) is 137 Å². The van der Waals surface area contributed by atoms with E-state index in [-0.39, 0.29) is 32.9 Å². The van der Waals surface area contributed by atoms with Gasteiger partial charge in [0.25, 0.3) is 0 Å². The van der Waals surface area contributed by atoms with Gasteiger partial charge >= 0.3 is 0 Å². The lowest BCUT2D eigenvalue weighted by Gasteiger charge is -2.52. The highest BCUT2D eigenvalue weighted by molar-refractivity contribution is 6.32. The van der Waals surface area contributed by atoms with Crippen molar-refractivity contribution in [3.05, 3.63) is 241 Å². The zero-order valence-corrected chi connectivity index (χ0v) is 55.3. The van der Waals surface area contributed by atoms with Crippen molar-refractivity contribution >= 4 is 77.2 Å². The number of nitrogens with zero attached hydrogens (tertiary/aromatic N) is 3. The summed E-state index contributed by atoms with van der Waals surface area (Å²) in [7, 11) is 0. The van der Waals surface area contributed by atoms with Crippen molar-refractivity contribution in [3.8, 4) is 44.5 Å². The Hall–Kier alpha value is -8.66. The van der Waals surface area contributed by atoms with Crippen LogP contribution in [0.5, 0.6) is 0 Å². The Morgan fingerprint density at radius 2 is 0.620 bits per heavy atom. The van der Waals surface area contributed by atoms with Gasteiger partial charge in [0.2, 0.25) is 0 Å². The second kappa shape index (κ2) is 19.7. The van der Waals surface area contributed by atoms with Gasteiger partial charge in [-0.05, 0) is 286 Å². The normalized spacial score (nSPS) is 28.0. The molecule has 12 aromatic carbocycles. The van der Waals surface area contributed by atoms with Crippen LogP contribution in [0.25, 0.3) is 87.6 Å². The second-order valence-corrected chi connectivity index (χ2v) is 31.1. The van der Waals surface area contributed by atoms with Gasteiger partial charge in [-0.2, -0.15) is 0 Å². The molecule has 0 aromatic heterocycles. The zero-order chi connectivity index (χ0) is 62.4. The molecule has 9 atom stereocenters. The molecule has 12 aromatic rings.